The van der Waals surface area contributed by atoms with E-state index >= 15 is 0 Å². The van der Waals surface area contributed by atoms with E-state index in [4.69, 9.17) is 9.47 Å². The first kappa shape index (κ1) is 15.1. The molecule has 0 spiro atoms. The maximum atomic E-state index is 11.5. The third kappa shape index (κ3) is 3.21. The number of hydrogen-bond donors (Lipinski definition) is 2. The van der Waals surface area contributed by atoms with Crippen molar-refractivity contribution in [1.29, 1.82) is 0 Å². The molecule has 1 aromatic carbocycles. The number of anilines is 2. The van der Waals surface area contributed by atoms with E-state index in [1.165, 1.54) is 7.11 Å². The molecule has 2 heterocycles. The van der Waals surface area contributed by atoms with Crippen LogP contribution in [-0.2, 0) is 4.74 Å². The number of nitrogens with one attached hydrogen (secondary N) is 2. The molecule has 1 aliphatic heterocycles. The van der Waals surface area contributed by atoms with Crippen molar-refractivity contribution in [2.45, 2.75) is 13.0 Å². The lowest BCUT2D eigenvalue weighted by Crippen LogP contribution is -2.20. The van der Waals surface area contributed by atoms with E-state index in [1.807, 2.05) is 25.1 Å². The van der Waals surface area contributed by atoms with E-state index in [0.717, 1.165) is 29.4 Å². The fraction of sp³-hybridized carbons (Fsp3) is 0.294. The van der Waals surface area contributed by atoms with Crippen LogP contribution in [0.1, 0.15) is 28.9 Å². The molecule has 6 nitrogen and oxygen atoms in total. The fourth-order valence-corrected chi connectivity index (χ4v) is 2.50. The largest absolute Gasteiger partial charge is 0.489 e. The molecule has 3 rings (SSSR count). The second-order valence-corrected chi connectivity index (χ2v) is 5.29. The zero-order valence-electron chi connectivity index (χ0n) is 13.1. The summed E-state index contributed by atoms with van der Waals surface area (Å²) in [5.74, 6) is 1.23. The first-order chi connectivity index (χ1) is 11.2. The molecule has 1 aromatic heterocycles. The number of aromatic nitrogens is 1. The van der Waals surface area contributed by atoms with Crippen LogP contribution < -0.4 is 15.4 Å². The van der Waals surface area contributed by atoms with Gasteiger partial charge in [0.25, 0.3) is 0 Å². The van der Waals surface area contributed by atoms with Gasteiger partial charge in [0.05, 0.1) is 18.7 Å². The van der Waals surface area contributed by atoms with Crippen molar-refractivity contribution < 1.29 is 14.3 Å². The molecule has 6 heteroatoms. The Morgan fingerprint density at radius 2 is 2.13 bits per heavy atom. The first-order valence-electron chi connectivity index (χ1n) is 7.49. The van der Waals surface area contributed by atoms with Crippen molar-refractivity contribution >= 4 is 17.5 Å². The number of carbonyl (C=O) groups is 1. The van der Waals surface area contributed by atoms with Crippen molar-refractivity contribution in [3.05, 3.63) is 47.7 Å². The Morgan fingerprint density at radius 3 is 2.87 bits per heavy atom. The molecule has 0 bridgehead atoms. The van der Waals surface area contributed by atoms with E-state index in [1.54, 1.807) is 18.3 Å². The van der Waals surface area contributed by atoms with Crippen molar-refractivity contribution in [3.8, 4) is 5.75 Å². The van der Waals surface area contributed by atoms with Crippen LogP contribution in [0, 0.1) is 0 Å². The van der Waals surface area contributed by atoms with Crippen molar-refractivity contribution in [2.75, 3.05) is 30.9 Å². The average Bonchev–Trinajstić information content (AvgIpc) is 2.61. The zero-order chi connectivity index (χ0) is 16.2. The number of pyridine rings is 1. The number of ether oxygens (including phenoxy) is 2. The molecule has 2 aromatic rings. The van der Waals surface area contributed by atoms with E-state index in [9.17, 15) is 4.79 Å². The predicted octanol–water partition coefficient (Wildman–Crippen LogP) is 2.85. The molecule has 23 heavy (non-hydrogen) atoms. The summed E-state index contributed by atoms with van der Waals surface area (Å²) in [5.41, 5.74) is 2.47. The van der Waals surface area contributed by atoms with Gasteiger partial charge in [-0.2, -0.15) is 0 Å². The van der Waals surface area contributed by atoms with Crippen molar-refractivity contribution in [3.63, 3.8) is 0 Å². The summed E-state index contributed by atoms with van der Waals surface area (Å²) < 4.78 is 10.3. The molecule has 0 amide bonds. The summed E-state index contributed by atoms with van der Waals surface area (Å²) in [6.45, 7) is 3.45. The second-order valence-electron chi connectivity index (χ2n) is 5.29. The Morgan fingerprint density at radius 1 is 1.35 bits per heavy atom. The number of methoxy groups -OCH3 is 1. The van der Waals surface area contributed by atoms with Gasteiger partial charge in [-0.1, -0.05) is 12.1 Å². The van der Waals surface area contributed by atoms with Gasteiger partial charge in [-0.15, -0.1) is 0 Å². The quantitative estimate of drug-likeness (QED) is 0.846. The molecule has 0 aliphatic carbocycles. The fourth-order valence-electron chi connectivity index (χ4n) is 2.50. The van der Waals surface area contributed by atoms with Gasteiger partial charge in [-0.25, -0.2) is 9.78 Å². The number of nitrogens with zero attached hydrogens (tertiary/aromatic N) is 1. The van der Waals surface area contributed by atoms with Crippen LogP contribution >= 0.6 is 0 Å². The summed E-state index contributed by atoms with van der Waals surface area (Å²) in [4.78, 5) is 15.9. The molecule has 0 radical (unpaired) electrons. The molecule has 0 fully saturated rings. The number of carbonyl (C=O) groups excluding carboxylic acids is 1. The Kier molecular flexibility index (Phi) is 4.32. The van der Waals surface area contributed by atoms with Crippen molar-refractivity contribution in [1.82, 2.24) is 4.98 Å². The first-order valence-corrected chi connectivity index (χ1v) is 7.49. The molecular formula is C17H19N3O3. The van der Waals surface area contributed by atoms with Gasteiger partial charge in [-0.3, -0.25) is 0 Å². The third-order valence-electron chi connectivity index (χ3n) is 3.76. The Labute approximate surface area is 134 Å². The van der Waals surface area contributed by atoms with Crippen LogP contribution in [0.5, 0.6) is 5.75 Å². The number of fused-ring (bicyclic) bond motifs is 1. The smallest absolute Gasteiger partial charge is 0.337 e. The molecule has 0 saturated heterocycles. The predicted molar refractivity (Wildman–Crippen MR) is 88.0 cm³/mol. The molecule has 1 aliphatic rings. The minimum atomic E-state index is -0.336. The highest BCUT2D eigenvalue weighted by Crippen LogP contribution is 2.34. The summed E-state index contributed by atoms with van der Waals surface area (Å²) in [7, 11) is 1.37. The number of rotatable bonds is 4. The van der Waals surface area contributed by atoms with Gasteiger partial charge in [0.15, 0.2) is 5.82 Å². The van der Waals surface area contributed by atoms with Gasteiger partial charge < -0.3 is 20.1 Å². The van der Waals surface area contributed by atoms with Crippen molar-refractivity contribution in [2.24, 2.45) is 0 Å². The SMILES string of the molecule is COC(=O)c1ccc([C@H](C)Nc2nccc3c2NCCO3)cc1. The highest BCUT2D eigenvalue weighted by Gasteiger charge is 2.17. The monoisotopic (exact) mass is 313 g/mol. The minimum Gasteiger partial charge on any atom is -0.489 e. The molecule has 120 valence electrons. The number of esters is 1. The Bertz CT molecular complexity index is 701. The summed E-state index contributed by atoms with van der Waals surface area (Å²) >= 11 is 0. The lowest BCUT2D eigenvalue weighted by molar-refractivity contribution is 0.0600. The van der Waals surface area contributed by atoms with Crippen LogP contribution in [0.15, 0.2) is 36.5 Å². The van der Waals surface area contributed by atoms with Gasteiger partial charge in [-0.05, 0) is 24.6 Å². The summed E-state index contributed by atoms with van der Waals surface area (Å²) in [5, 5.41) is 6.69. The third-order valence-corrected chi connectivity index (χ3v) is 3.76. The van der Waals surface area contributed by atoms with Crippen LogP contribution in [0.25, 0.3) is 0 Å². The van der Waals surface area contributed by atoms with E-state index in [2.05, 4.69) is 15.6 Å². The number of benzene rings is 1. The Hall–Kier alpha value is -2.76. The molecule has 0 saturated carbocycles. The van der Waals surface area contributed by atoms with Gasteiger partial charge >= 0.3 is 5.97 Å². The van der Waals surface area contributed by atoms with E-state index in [0.29, 0.717) is 12.2 Å². The van der Waals surface area contributed by atoms with Gasteiger partial charge in [0, 0.05) is 18.8 Å². The summed E-state index contributed by atoms with van der Waals surface area (Å²) in [6, 6.07) is 9.21. The highest BCUT2D eigenvalue weighted by molar-refractivity contribution is 5.89. The van der Waals surface area contributed by atoms with Crippen LogP contribution in [0.2, 0.25) is 0 Å². The molecule has 1 atom stereocenters. The second kappa shape index (κ2) is 6.56. The van der Waals surface area contributed by atoms with Crippen LogP contribution in [-0.4, -0.2) is 31.2 Å². The molecular weight excluding hydrogens is 294 g/mol. The maximum absolute atomic E-state index is 11.5. The van der Waals surface area contributed by atoms with Crippen LogP contribution in [0.4, 0.5) is 11.5 Å². The van der Waals surface area contributed by atoms with E-state index in [-0.39, 0.29) is 12.0 Å². The Balaban J connectivity index is 1.77. The standard InChI is InChI=1S/C17H19N3O3/c1-11(12-3-5-13(6-4-12)17(21)22-2)20-16-15-14(7-8-19-16)23-10-9-18-15/h3-8,11,18H,9-10H2,1-2H3,(H,19,20)/t11-/m0/s1. The lowest BCUT2D eigenvalue weighted by Gasteiger charge is -2.23. The average molecular weight is 313 g/mol. The van der Waals surface area contributed by atoms with Crippen LogP contribution in [0.3, 0.4) is 0 Å². The normalized spacial score (nSPS) is 14.0. The van der Waals surface area contributed by atoms with E-state index < -0.39 is 0 Å². The van der Waals surface area contributed by atoms with Gasteiger partial charge in [0.2, 0.25) is 0 Å². The molecule has 0 unspecified atom stereocenters. The topological polar surface area (TPSA) is 72.5 Å². The number of hydrogen-bond acceptors (Lipinski definition) is 6. The minimum absolute atomic E-state index is 0.0319. The maximum Gasteiger partial charge on any atom is 0.337 e. The van der Waals surface area contributed by atoms with Gasteiger partial charge in [0.1, 0.15) is 18.0 Å². The lowest BCUT2D eigenvalue weighted by atomic mass is 10.1. The highest BCUT2D eigenvalue weighted by atomic mass is 16.5. The summed E-state index contributed by atoms with van der Waals surface area (Å²) in [6.07, 6.45) is 1.72. The zero-order valence-corrected chi connectivity index (χ0v) is 13.1. The molecule has 2 N–H and O–H groups in total.